The van der Waals surface area contributed by atoms with E-state index in [2.05, 4.69) is 26.1 Å². The van der Waals surface area contributed by atoms with Crippen LogP contribution in [0.4, 0.5) is 0 Å². The van der Waals surface area contributed by atoms with Gasteiger partial charge in [-0.1, -0.05) is 26.2 Å². The molecule has 74 valence electrons. The maximum atomic E-state index is 9.41. The highest BCUT2D eigenvalue weighted by Crippen LogP contribution is 2.04. The summed E-state index contributed by atoms with van der Waals surface area (Å²) >= 11 is 0. The van der Waals surface area contributed by atoms with Crippen molar-refractivity contribution in [1.82, 2.24) is 5.32 Å². The number of unbranched alkanes of at least 4 members (excludes halogenated alkanes) is 3. The predicted molar refractivity (Wildman–Crippen MR) is 53.0 cm³/mol. The summed E-state index contributed by atoms with van der Waals surface area (Å²) in [6, 6.07) is 0.381. The Morgan fingerprint density at radius 2 is 1.83 bits per heavy atom. The average molecular weight is 173 g/mol. The minimum atomic E-state index is -0.304. The summed E-state index contributed by atoms with van der Waals surface area (Å²) in [5.74, 6) is 0. The molecule has 0 rings (SSSR count). The number of nitrogens with one attached hydrogen (secondary N) is 1. The molecule has 0 bridgehead atoms. The zero-order chi connectivity index (χ0) is 9.40. The van der Waals surface area contributed by atoms with Gasteiger partial charge in [0, 0.05) is 6.04 Å². The lowest BCUT2D eigenvalue weighted by atomic mass is 10.1. The first-order chi connectivity index (χ1) is 5.66. The molecule has 0 radical (unpaired) electrons. The average Bonchev–Trinajstić information content (AvgIpc) is 1.97. The van der Waals surface area contributed by atoms with Crippen molar-refractivity contribution in [3.05, 3.63) is 0 Å². The molecule has 0 aromatic carbocycles. The molecule has 2 nitrogen and oxygen atoms in total. The Bertz CT molecular complexity index is 93.8. The molecule has 0 saturated carbocycles. The lowest BCUT2D eigenvalue weighted by molar-refractivity contribution is 0.115. The SMILES string of the molecule is CCCCCCC(O)NC(C)C. The van der Waals surface area contributed by atoms with Crippen LogP contribution in [0.2, 0.25) is 0 Å². The first-order valence-corrected chi connectivity index (χ1v) is 5.11. The molecule has 0 spiro atoms. The zero-order valence-corrected chi connectivity index (χ0v) is 8.64. The van der Waals surface area contributed by atoms with Crippen molar-refractivity contribution in [3.8, 4) is 0 Å². The smallest absolute Gasteiger partial charge is 0.105 e. The minimum absolute atomic E-state index is 0.304. The molecule has 0 saturated heterocycles. The van der Waals surface area contributed by atoms with Gasteiger partial charge in [-0.3, -0.25) is 5.32 Å². The molecule has 1 unspecified atom stereocenters. The van der Waals surface area contributed by atoms with E-state index in [9.17, 15) is 5.11 Å². The Hall–Kier alpha value is -0.0800. The topological polar surface area (TPSA) is 32.3 Å². The minimum Gasteiger partial charge on any atom is -0.379 e. The van der Waals surface area contributed by atoms with E-state index < -0.39 is 0 Å². The fourth-order valence-electron chi connectivity index (χ4n) is 1.23. The van der Waals surface area contributed by atoms with Crippen LogP contribution in [0, 0.1) is 0 Å². The van der Waals surface area contributed by atoms with Crippen LogP contribution in [0.5, 0.6) is 0 Å². The number of aliphatic hydroxyl groups is 1. The summed E-state index contributed by atoms with van der Waals surface area (Å²) in [4.78, 5) is 0. The second-order valence-corrected chi connectivity index (χ2v) is 3.69. The first-order valence-electron chi connectivity index (χ1n) is 5.11. The summed E-state index contributed by atoms with van der Waals surface area (Å²) in [5.41, 5.74) is 0. The van der Waals surface area contributed by atoms with Gasteiger partial charge in [0.25, 0.3) is 0 Å². The van der Waals surface area contributed by atoms with Gasteiger partial charge in [0.2, 0.25) is 0 Å². The third-order valence-electron chi connectivity index (χ3n) is 1.86. The molecule has 0 aliphatic heterocycles. The van der Waals surface area contributed by atoms with Gasteiger partial charge < -0.3 is 5.11 Å². The van der Waals surface area contributed by atoms with Crippen LogP contribution in [-0.4, -0.2) is 17.4 Å². The predicted octanol–water partition coefficient (Wildman–Crippen LogP) is 2.27. The van der Waals surface area contributed by atoms with Gasteiger partial charge in [0.15, 0.2) is 0 Å². The largest absolute Gasteiger partial charge is 0.379 e. The summed E-state index contributed by atoms with van der Waals surface area (Å²) in [7, 11) is 0. The molecule has 0 amide bonds. The lowest BCUT2D eigenvalue weighted by Gasteiger charge is -2.15. The van der Waals surface area contributed by atoms with Crippen LogP contribution in [-0.2, 0) is 0 Å². The summed E-state index contributed by atoms with van der Waals surface area (Å²) in [5, 5.41) is 12.5. The highest BCUT2D eigenvalue weighted by molar-refractivity contribution is 4.57. The fraction of sp³-hybridized carbons (Fsp3) is 1.00. The van der Waals surface area contributed by atoms with Crippen molar-refractivity contribution >= 4 is 0 Å². The molecule has 0 aromatic rings. The van der Waals surface area contributed by atoms with E-state index in [1.807, 2.05) is 0 Å². The second kappa shape index (κ2) is 7.56. The third-order valence-corrected chi connectivity index (χ3v) is 1.86. The van der Waals surface area contributed by atoms with E-state index in [0.29, 0.717) is 6.04 Å². The van der Waals surface area contributed by atoms with Crippen molar-refractivity contribution in [2.24, 2.45) is 0 Å². The molecular weight excluding hydrogens is 150 g/mol. The fourth-order valence-corrected chi connectivity index (χ4v) is 1.23. The monoisotopic (exact) mass is 173 g/mol. The molecule has 12 heavy (non-hydrogen) atoms. The second-order valence-electron chi connectivity index (χ2n) is 3.69. The number of hydrogen-bond donors (Lipinski definition) is 2. The van der Waals surface area contributed by atoms with E-state index in [4.69, 9.17) is 0 Å². The summed E-state index contributed by atoms with van der Waals surface area (Å²) in [6.07, 6.45) is 5.50. The zero-order valence-electron chi connectivity index (χ0n) is 8.64. The molecule has 0 aliphatic carbocycles. The molecule has 0 fully saturated rings. The molecule has 1 atom stereocenters. The Balaban J connectivity index is 3.14. The van der Waals surface area contributed by atoms with Crippen LogP contribution in [0.15, 0.2) is 0 Å². The highest BCUT2D eigenvalue weighted by atomic mass is 16.3. The Labute approximate surface area is 76.4 Å². The van der Waals surface area contributed by atoms with E-state index in [1.165, 1.54) is 19.3 Å². The number of rotatable bonds is 7. The Kier molecular flexibility index (Phi) is 7.51. The number of aliphatic hydroxyl groups excluding tert-OH is 1. The van der Waals surface area contributed by atoms with Crippen LogP contribution < -0.4 is 5.32 Å². The molecule has 2 N–H and O–H groups in total. The maximum Gasteiger partial charge on any atom is 0.105 e. The van der Waals surface area contributed by atoms with Crippen LogP contribution in [0.3, 0.4) is 0 Å². The van der Waals surface area contributed by atoms with Gasteiger partial charge in [0.1, 0.15) is 6.23 Å². The van der Waals surface area contributed by atoms with Crippen LogP contribution in [0.1, 0.15) is 52.9 Å². The lowest BCUT2D eigenvalue weighted by Crippen LogP contribution is -2.34. The third kappa shape index (κ3) is 8.02. The molecule has 0 heterocycles. The van der Waals surface area contributed by atoms with Gasteiger partial charge in [-0.25, -0.2) is 0 Å². The van der Waals surface area contributed by atoms with E-state index >= 15 is 0 Å². The maximum absolute atomic E-state index is 9.41. The Morgan fingerprint density at radius 3 is 2.33 bits per heavy atom. The van der Waals surface area contributed by atoms with Gasteiger partial charge >= 0.3 is 0 Å². The standard InChI is InChI=1S/C10H23NO/c1-4-5-6-7-8-10(12)11-9(2)3/h9-12H,4-8H2,1-3H3. The molecule has 2 heteroatoms. The van der Waals surface area contributed by atoms with Crippen molar-refractivity contribution < 1.29 is 5.11 Å². The first kappa shape index (κ1) is 11.9. The summed E-state index contributed by atoms with van der Waals surface area (Å²) < 4.78 is 0. The molecule has 0 aliphatic rings. The van der Waals surface area contributed by atoms with Crippen molar-refractivity contribution in [3.63, 3.8) is 0 Å². The van der Waals surface area contributed by atoms with Gasteiger partial charge in [-0.05, 0) is 26.7 Å². The molecule has 0 aromatic heterocycles. The van der Waals surface area contributed by atoms with Gasteiger partial charge in [-0.15, -0.1) is 0 Å². The highest BCUT2D eigenvalue weighted by Gasteiger charge is 2.03. The van der Waals surface area contributed by atoms with E-state index in [1.54, 1.807) is 0 Å². The van der Waals surface area contributed by atoms with Crippen molar-refractivity contribution in [2.45, 2.75) is 65.1 Å². The van der Waals surface area contributed by atoms with E-state index in [-0.39, 0.29) is 6.23 Å². The Morgan fingerprint density at radius 1 is 1.17 bits per heavy atom. The van der Waals surface area contributed by atoms with E-state index in [0.717, 1.165) is 12.8 Å². The van der Waals surface area contributed by atoms with Gasteiger partial charge in [-0.2, -0.15) is 0 Å². The van der Waals surface area contributed by atoms with Gasteiger partial charge in [0.05, 0.1) is 0 Å². The van der Waals surface area contributed by atoms with Crippen LogP contribution in [0.25, 0.3) is 0 Å². The number of hydrogen-bond acceptors (Lipinski definition) is 2. The molecular formula is C10H23NO. The normalized spacial score (nSPS) is 13.8. The van der Waals surface area contributed by atoms with Crippen molar-refractivity contribution in [2.75, 3.05) is 0 Å². The quantitative estimate of drug-likeness (QED) is 0.457. The van der Waals surface area contributed by atoms with Crippen LogP contribution >= 0.6 is 0 Å². The summed E-state index contributed by atoms with van der Waals surface area (Å²) in [6.45, 7) is 6.30. The van der Waals surface area contributed by atoms with Crippen molar-refractivity contribution in [1.29, 1.82) is 0 Å².